The van der Waals surface area contributed by atoms with Gasteiger partial charge in [0, 0.05) is 25.4 Å². The Hall–Kier alpha value is -3.30. The number of fused-ring (bicyclic) bond motifs is 1. The second-order valence-corrected chi connectivity index (χ2v) is 7.42. The number of aromatic nitrogens is 5. The number of imidazole rings is 1. The number of aliphatic hydroxyl groups excluding tert-OH is 1. The highest BCUT2D eigenvalue weighted by Crippen LogP contribution is 2.32. The van der Waals surface area contributed by atoms with Crippen LogP contribution in [0.5, 0.6) is 0 Å². The lowest BCUT2D eigenvalue weighted by Crippen LogP contribution is -2.22. The molecule has 8 nitrogen and oxygen atoms in total. The third-order valence-corrected chi connectivity index (χ3v) is 5.31. The molecule has 0 spiro atoms. The summed E-state index contributed by atoms with van der Waals surface area (Å²) in [7, 11) is 0. The fraction of sp³-hybridized carbons (Fsp3) is 0.200. The minimum Gasteiger partial charge on any atom is -0.391 e. The first-order chi connectivity index (χ1) is 14.6. The van der Waals surface area contributed by atoms with Gasteiger partial charge in [-0.25, -0.2) is 24.3 Å². The molecule has 5 rings (SSSR count). The first-order valence-electron chi connectivity index (χ1n) is 9.39. The minimum absolute atomic E-state index is 0.207. The molecule has 0 radical (unpaired) electrons. The zero-order chi connectivity index (χ0) is 20.7. The number of pyridine rings is 1. The van der Waals surface area contributed by atoms with Crippen LogP contribution >= 0.6 is 11.6 Å². The Bertz CT molecular complexity index is 1210. The molecule has 1 unspecified atom stereocenters. The van der Waals surface area contributed by atoms with Crippen molar-refractivity contribution in [1.29, 1.82) is 0 Å². The Kier molecular flexibility index (Phi) is 4.68. The lowest BCUT2D eigenvalue weighted by Gasteiger charge is -2.17. The van der Waals surface area contributed by atoms with Gasteiger partial charge in [0.15, 0.2) is 5.82 Å². The van der Waals surface area contributed by atoms with Crippen LogP contribution in [0.2, 0.25) is 5.02 Å². The number of benzene rings is 1. The molecule has 30 heavy (non-hydrogen) atoms. The van der Waals surface area contributed by atoms with E-state index in [1.54, 1.807) is 30.5 Å². The largest absolute Gasteiger partial charge is 0.391 e. The number of aliphatic hydroxyl groups is 1. The molecule has 1 aliphatic heterocycles. The summed E-state index contributed by atoms with van der Waals surface area (Å²) in [6.07, 6.45) is 3.43. The van der Waals surface area contributed by atoms with Gasteiger partial charge >= 0.3 is 0 Å². The molecular formula is C20H17ClFN7O. The fourth-order valence-corrected chi connectivity index (χ4v) is 3.78. The maximum absolute atomic E-state index is 14.3. The predicted molar refractivity (Wildman–Crippen MR) is 112 cm³/mol. The Morgan fingerprint density at radius 1 is 1.23 bits per heavy atom. The normalized spacial score (nSPS) is 16.4. The smallest absolute Gasteiger partial charge is 0.157 e. The number of nitrogens with one attached hydrogen (secondary N) is 2. The van der Waals surface area contributed by atoms with E-state index < -0.39 is 5.82 Å². The summed E-state index contributed by atoms with van der Waals surface area (Å²) in [5.74, 6) is 1.61. The van der Waals surface area contributed by atoms with Crippen molar-refractivity contribution in [2.45, 2.75) is 12.5 Å². The summed E-state index contributed by atoms with van der Waals surface area (Å²) in [4.78, 5) is 22.5. The molecule has 0 amide bonds. The Labute approximate surface area is 175 Å². The molecule has 152 valence electrons. The van der Waals surface area contributed by atoms with Crippen molar-refractivity contribution < 1.29 is 9.50 Å². The van der Waals surface area contributed by atoms with E-state index in [4.69, 9.17) is 11.6 Å². The van der Waals surface area contributed by atoms with E-state index in [2.05, 4.69) is 30.2 Å². The number of hydrogen-bond donors (Lipinski definition) is 3. The molecule has 3 N–H and O–H groups in total. The lowest BCUT2D eigenvalue weighted by atomic mass is 10.2. The number of hydrogen-bond acceptors (Lipinski definition) is 7. The zero-order valence-corrected chi connectivity index (χ0v) is 16.4. The summed E-state index contributed by atoms with van der Waals surface area (Å²) < 4.78 is 14.3. The second kappa shape index (κ2) is 7.51. The highest BCUT2D eigenvalue weighted by atomic mass is 35.5. The van der Waals surface area contributed by atoms with E-state index >= 15 is 0 Å². The number of nitrogens with zero attached hydrogens (tertiary/aromatic N) is 5. The molecule has 10 heteroatoms. The molecule has 0 saturated carbocycles. The maximum atomic E-state index is 14.3. The molecule has 1 fully saturated rings. The van der Waals surface area contributed by atoms with E-state index in [0.29, 0.717) is 41.5 Å². The van der Waals surface area contributed by atoms with Crippen molar-refractivity contribution in [3.8, 4) is 11.4 Å². The van der Waals surface area contributed by atoms with Crippen LogP contribution < -0.4 is 10.2 Å². The molecule has 3 aromatic heterocycles. The summed E-state index contributed by atoms with van der Waals surface area (Å²) in [6, 6.07) is 8.02. The van der Waals surface area contributed by atoms with Crippen molar-refractivity contribution in [2.24, 2.45) is 0 Å². The van der Waals surface area contributed by atoms with Gasteiger partial charge in [0.05, 0.1) is 22.2 Å². The van der Waals surface area contributed by atoms with Gasteiger partial charge in [-0.3, -0.25) is 0 Å². The van der Waals surface area contributed by atoms with Gasteiger partial charge < -0.3 is 20.3 Å². The number of aromatic amines is 1. The lowest BCUT2D eigenvalue weighted by molar-refractivity contribution is 0.198. The summed E-state index contributed by atoms with van der Waals surface area (Å²) in [5, 5.41) is 13.2. The third kappa shape index (κ3) is 3.42. The average Bonchev–Trinajstić information content (AvgIpc) is 3.35. The van der Waals surface area contributed by atoms with Gasteiger partial charge in [-0.05, 0) is 24.6 Å². The predicted octanol–water partition coefficient (Wildman–Crippen LogP) is 3.52. The van der Waals surface area contributed by atoms with Crippen LogP contribution in [-0.2, 0) is 0 Å². The van der Waals surface area contributed by atoms with Crippen LogP contribution in [-0.4, -0.2) is 49.2 Å². The van der Waals surface area contributed by atoms with Gasteiger partial charge in [0.1, 0.15) is 35.1 Å². The summed E-state index contributed by atoms with van der Waals surface area (Å²) in [6.45, 7) is 1.27. The first-order valence-corrected chi connectivity index (χ1v) is 9.77. The Morgan fingerprint density at radius 2 is 2.13 bits per heavy atom. The van der Waals surface area contributed by atoms with Gasteiger partial charge in [0.25, 0.3) is 0 Å². The summed E-state index contributed by atoms with van der Waals surface area (Å²) >= 11 is 6.18. The van der Waals surface area contributed by atoms with Crippen LogP contribution in [0.15, 0.2) is 42.9 Å². The van der Waals surface area contributed by atoms with Crippen LogP contribution in [0.3, 0.4) is 0 Å². The van der Waals surface area contributed by atoms with Gasteiger partial charge in [-0.2, -0.15) is 0 Å². The maximum Gasteiger partial charge on any atom is 0.157 e. The monoisotopic (exact) mass is 425 g/mol. The third-order valence-electron chi connectivity index (χ3n) is 4.99. The first kappa shape index (κ1) is 18.7. The fourth-order valence-electron chi connectivity index (χ4n) is 3.53. The second-order valence-electron chi connectivity index (χ2n) is 7.01. The van der Waals surface area contributed by atoms with E-state index in [1.807, 2.05) is 4.90 Å². The highest BCUT2D eigenvalue weighted by Gasteiger charge is 2.22. The molecule has 1 saturated heterocycles. The van der Waals surface area contributed by atoms with Gasteiger partial charge in [-0.1, -0.05) is 17.7 Å². The number of halogens is 2. The van der Waals surface area contributed by atoms with Crippen LogP contribution in [0.1, 0.15) is 6.42 Å². The molecule has 4 heterocycles. The van der Waals surface area contributed by atoms with E-state index in [-0.39, 0.29) is 16.7 Å². The molecule has 0 aliphatic carbocycles. The van der Waals surface area contributed by atoms with Crippen LogP contribution in [0.25, 0.3) is 22.4 Å². The topological polar surface area (TPSA) is 103 Å². The van der Waals surface area contributed by atoms with Crippen molar-refractivity contribution in [3.63, 3.8) is 0 Å². The SMILES string of the molecule is OC1CCN(c2cc(Nc3nccc4nc(-c5c(F)cccc5Cl)[nH]c34)ncn2)C1. The Morgan fingerprint density at radius 3 is 2.93 bits per heavy atom. The van der Waals surface area contributed by atoms with Crippen LogP contribution in [0.4, 0.5) is 21.8 Å². The summed E-state index contributed by atoms with van der Waals surface area (Å²) in [5.41, 5.74) is 1.42. The quantitative estimate of drug-likeness (QED) is 0.459. The number of anilines is 3. The van der Waals surface area contributed by atoms with E-state index in [0.717, 1.165) is 12.4 Å². The van der Waals surface area contributed by atoms with Crippen LogP contribution in [0, 0.1) is 5.82 Å². The standard InChI is InChI=1S/C20H17ClFN7O/c21-12-2-1-3-13(22)17(12)19-26-14-4-6-23-20(18(14)28-19)27-15-8-16(25-10-24-15)29-7-5-11(30)9-29/h1-4,6,8,10-11,30H,5,7,9H2,(H,26,28)(H,23,24,25,27). The molecule has 0 bridgehead atoms. The molecule has 1 aromatic carbocycles. The number of H-pyrrole nitrogens is 1. The van der Waals surface area contributed by atoms with E-state index in [9.17, 15) is 9.50 Å². The number of rotatable bonds is 4. The highest BCUT2D eigenvalue weighted by molar-refractivity contribution is 6.33. The van der Waals surface area contributed by atoms with Gasteiger partial charge in [-0.15, -0.1) is 0 Å². The number of β-amino-alcohol motifs (C(OH)–C–C–N with tert-alkyl or cyclic N) is 1. The Balaban J connectivity index is 1.49. The molecule has 1 atom stereocenters. The molecule has 4 aromatic rings. The van der Waals surface area contributed by atoms with Crippen molar-refractivity contribution in [1.82, 2.24) is 24.9 Å². The van der Waals surface area contributed by atoms with Crippen molar-refractivity contribution >= 4 is 40.1 Å². The molecule has 1 aliphatic rings. The van der Waals surface area contributed by atoms with Gasteiger partial charge in [0.2, 0.25) is 0 Å². The van der Waals surface area contributed by atoms with Crippen molar-refractivity contribution in [2.75, 3.05) is 23.3 Å². The van der Waals surface area contributed by atoms with Crippen molar-refractivity contribution in [3.05, 3.63) is 53.7 Å². The van der Waals surface area contributed by atoms with E-state index in [1.165, 1.54) is 12.4 Å². The average molecular weight is 426 g/mol. The minimum atomic E-state index is -0.461. The zero-order valence-electron chi connectivity index (χ0n) is 15.7. The molecular weight excluding hydrogens is 409 g/mol.